The maximum atomic E-state index is 13.7. The van der Waals surface area contributed by atoms with Crippen molar-refractivity contribution in [1.82, 2.24) is 10.9 Å². The first kappa shape index (κ1) is 19.7. The molecule has 4 atom stereocenters. The van der Waals surface area contributed by atoms with Crippen molar-refractivity contribution in [3.8, 4) is 5.75 Å². The summed E-state index contributed by atoms with van der Waals surface area (Å²) in [6, 6.07) is 23.4. The highest BCUT2D eigenvalue weighted by atomic mass is 19.1. The van der Waals surface area contributed by atoms with Crippen molar-refractivity contribution in [2.24, 2.45) is 5.92 Å². The predicted octanol–water partition coefficient (Wildman–Crippen LogP) is 4.15. The topological polar surface area (TPSA) is 53.6 Å². The van der Waals surface area contributed by atoms with Crippen molar-refractivity contribution >= 4 is 11.6 Å². The molecule has 2 fully saturated rings. The molecule has 0 aliphatic carbocycles. The lowest BCUT2D eigenvalue weighted by atomic mass is 9.83. The molecular formula is C25H24FN3O2. The summed E-state index contributed by atoms with van der Waals surface area (Å²) in [7, 11) is 0. The molecule has 1 amide bonds. The van der Waals surface area contributed by atoms with Gasteiger partial charge in [0.1, 0.15) is 17.6 Å². The van der Waals surface area contributed by atoms with Crippen LogP contribution in [0, 0.1) is 11.7 Å². The molecule has 0 radical (unpaired) electrons. The van der Waals surface area contributed by atoms with Crippen LogP contribution in [-0.4, -0.2) is 18.6 Å². The van der Waals surface area contributed by atoms with Crippen molar-refractivity contribution in [2.45, 2.75) is 25.0 Å². The molecule has 5 nitrogen and oxygen atoms in total. The number of ether oxygens (including phenoxy) is 1. The van der Waals surface area contributed by atoms with E-state index in [9.17, 15) is 9.18 Å². The zero-order chi connectivity index (χ0) is 21.4. The third-order valence-electron chi connectivity index (χ3n) is 6.11. The second-order valence-corrected chi connectivity index (χ2v) is 7.86. The fourth-order valence-electron chi connectivity index (χ4n) is 4.77. The second kappa shape index (κ2) is 8.13. The van der Waals surface area contributed by atoms with Gasteiger partial charge in [0.05, 0.1) is 18.7 Å². The molecule has 31 heavy (non-hydrogen) atoms. The fraction of sp³-hybridized carbons (Fsp3) is 0.240. The number of halogens is 1. The number of rotatable bonds is 5. The summed E-state index contributed by atoms with van der Waals surface area (Å²) in [6.07, 6.45) is 0. The monoisotopic (exact) mass is 417 g/mol. The lowest BCUT2D eigenvalue weighted by molar-refractivity contribution is -0.119. The average molecular weight is 417 g/mol. The Bertz CT molecular complexity index is 1060. The van der Waals surface area contributed by atoms with Crippen molar-refractivity contribution in [1.29, 1.82) is 0 Å². The zero-order valence-electron chi connectivity index (χ0n) is 17.2. The van der Waals surface area contributed by atoms with E-state index in [4.69, 9.17) is 4.74 Å². The maximum Gasteiger partial charge on any atom is 0.246 e. The first-order chi connectivity index (χ1) is 15.2. The van der Waals surface area contributed by atoms with Gasteiger partial charge in [-0.05, 0) is 54.4 Å². The molecule has 158 valence electrons. The van der Waals surface area contributed by atoms with Crippen LogP contribution in [0.1, 0.15) is 30.1 Å². The number of carbonyl (C=O) groups is 1. The number of hydrogen-bond acceptors (Lipinski definition) is 4. The minimum Gasteiger partial charge on any atom is -0.494 e. The molecule has 0 aromatic heterocycles. The number of para-hydroxylation sites is 1. The van der Waals surface area contributed by atoms with Crippen LogP contribution in [0.3, 0.4) is 0 Å². The lowest BCUT2D eigenvalue weighted by Gasteiger charge is -2.31. The van der Waals surface area contributed by atoms with Crippen LogP contribution in [0.25, 0.3) is 0 Å². The number of benzene rings is 3. The Labute approximate surface area is 180 Å². The summed E-state index contributed by atoms with van der Waals surface area (Å²) < 4.78 is 19.2. The quantitative estimate of drug-likeness (QED) is 0.655. The molecule has 4 unspecified atom stereocenters. The molecule has 0 spiro atoms. The van der Waals surface area contributed by atoms with E-state index >= 15 is 0 Å². The van der Waals surface area contributed by atoms with Gasteiger partial charge >= 0.3 is 0 Å². The first-order valence-electron chi connectivity index (χ1n) is 10.5. The molecule has 2 aliphatic rings. The Hall–Kier alpha value is -3.22. The molecule has 0 saturated carbocycles. The number of hydrazine groups is 1. The molecule has 2 N–H and O–H groups in total. The number of amides is 1. The van der Waals surface area contributed by atoms with Crippen LogP contribution in [-0.2, 0) is 4.79 Å². The normalized spacial score (nSPS) is 25.0. The van der Waals surface area contributed by atoms with Crippen LogP contribution in [0.2, 0.25) is 0 Å². The van der Waals surface area contributed by atoms with Gasteiger partial charge in [-0.3, -0.25) is 4.79 Å². The second-order valence-electron chi connectivity index (χ2n) is 7.86. The molecule has 0 bridgehead atoms. The Kier molecular flexibility index (Phi) is 5.18. The van der Waals surface area contributed by atoms with Crippen LogP contribution in [0.5, 0.6) is 5.75 Å². The summed E-state index contributed by atoms with van der Waals surface area (Å²) in [5.74, 6) is 0.460. The summed E-state index contributed by atoms with van der Waals surface area (Å²) in [5, 5.41) is 0. The van der Waals surface area contributed by atoms with E-state index in [-0.39, 0.29) is 35.8 Å². The van der Waals surface area contributed by atoms with Gasteiger partial charge in [-0.25, -0.2) is 15.2 Å². The van der Waals surface area contributed by atoms with E-state index in [0.29, 0.717) is 6.61 Å². The van der Waals surface area contributed by atoms with Gasteiger partial charge in [0.15, 0.2) is 0 Å². The van der Waals surface area contributed by atoms with Crippen LogP contribution in [0.15, 0.2) is 78.9 Å². The van der Waals surface area contributed by atoms with Crippen molar-refractivity contribution in [3.63, 3.8) is 0 Å². The third kappa shape index (κ3) is 3.48. The van der Waals surface area contributed by atoms with Crippen LogP contribution >= 0.6 is 0 Å². The molecule has 3 aromatic carbocycles. The Morgan fingerprint density at radius 3 is 2.19 bits per heavy atom. The smallest absolute Gasteiger partial charge is 0.246 e. The van der Waals surface area contributed by atoms with Gasteiger partial charge in [0.2, 0.25) is 5.91 Å². The molecule has 3 aromatic rings. The minimum atomic E-state index is -0.383. The maximum absolute atomic E-state index is 13.7. The summed E-state index contributed by atoms with van der Waals surface area (Å²) in [6.45, 7) is 2.57. The van der Waals surface area contributed by atoms with Crippen molar-refractivity contribution in [3.05, 3.63) is 95.8 Å². The number of carbonyl (C=O) groups excluding carboxylic acids is 1. The summed E-state index contributed by atoms with van der Waals surface area (Å²) in [4.78, 5) is 15.3. The van der Waals surface area contributed by atoms with Crippen LogP contribution < -0.4 is 20.5 Å². The number of nitrogens with one attached hydrogen (secondary N) is 2. The molecule has 2 saturated heterocycles. The Morgan fingerprint density at radius 2 is 1.52 bits per heavy atom. The van der Waals surface area contributed by atoms with E-state index in [2.05, 4.69) is 10.9 Å². The standard InChI is InChI=1S/C25H24FN3O2/c1-2-31-20-14-10-16(11-15-20)22-21-23(28-27-22)25(30)29(19-6-4-3-5-7-19)24(21)17-8-12-18(26)13-9-17/h3-15,21-24,27-28H,2H2,1H3. The SMILES string of the molecule is CCOc1ccc(C2NNC3C(=O)N(c4ccccc4)C(c4ccc(F)cc4)C32)cc1. The van der Waals surface area contributed by atoms with Gasteiger partial charge in [0, 0.05) is 11.6 Å². The summed E-state index contributed by atoms with van der Waals surface area (Å²) in [5.41, 5.74) is 9.36. The third-order valence-corrected chi connectivity index (χ3v) is 6.11. The molecular weight excluding hydrogens is 393 g/mol. The molecule has 2 aliphatic heterocycles. The van der Waals surface area contributed by atoms with Crippen LogP contribution in [0.4, 0.5) is 10.1 Å². The predicted molar refractivity (Wildman–Crippen MR) is 117 cm³/mol. The number of fused-ring (bicyclic) bond motifs is 1. The highest BCUT2D eigenvalue weighted by Gasteiger charge is 2.55. The van der Waals surface area contributed by atoms with Crippen molar-refractivity contribution in [2.75, 3.05) is 11.5 Å². The van der Waals surface area contributed by atoms with Gasteiger partial charge in [-0.2, -0.15) is 0 Å². The minimum absolute atomic E-state index is 0.00598. The van der Waals surface area contributed by atoms with Gasteiger partial charge in [-0.15, -0.1) is 0 Å². The van der Waals surface area contributed by atoms with E-state index < -0.39 is 0 Å². The fourth-order valence-corrected chi connectivity index (χ4v) is 4.77. The number of anilines is 1. The Balaban J connectivity index is 1.57. The zero-order valence-corrected chi connectivity index (χ0v) is 17.2. The van der Waals surface area contributed by atoms with E-state index in [1.54, 1.807) is 12.1 Å². The molecule has 6 heteroatoms. The Morgan fingerprint density at radius 1 is 0.871 bits per heavy atom. The highest BCUT2D eigenvalue weighted by molar-refractivity contribution is 6.01. The molecule has 5 rings (SSSR count). The lowest BCUT2D eigenvalue weighted by Crippen LogP contribution is -2.41. The van der Waals surface area contributed by atoms with Gasteiger partial charge in [-0.1, -0.05) is 42.5 Å². The number of nitrogens with zero attached hydrogens (tertiary/aromatic N) is 1. The van der Waals surface area contributed by atoms with Crippen molar-refractivity contribution < 1.29 is 13.9 Å². The first-order valence-corrected chi connectivity index (χ1v) is 10.5. The van der Waals surface area contributed by atoms with Gasteiger partial charge < -0.3 is 9.64 Å². The summed E-state index contributed by atoms with van der Waals surface area (Å²) >= 11 is 0. The van der Waals surface area contributed by atoms with E-state index in [1.807, 2.05) is 66.4 Å². The van der Waals surface area contributed by atoms with E-state index in [1.165, 1.54) is 12.1 Å². The average Bonchev–Trinajstić information content (AvgIpc) is 3.35. The van der Waals surface area contributed by atoms with Gasteiger partial charge in [0.25, 0.3) is 0 Å². The largest absolute Gasteiger partial charge is 0.494 e. The number of hydrogen-bond donors (Lipinski definition) is 2. The molecule has 2 heterocycles. The highest BCUT2D eigenvalue weighted by Crippen LogP contribution is 2.48. The van der Waals surface area contributed by atoms with E-state index in [0.717, 1.165) is 22.6 Å².